The quantitative estimate of drug-likeness (QED) is 0.706. The first-order chi connectivity index (χ1) is 7.88. The van der Waals surface area contributed by atoms with Crippen molar-refractivity contribution < 1.29 is 4.79 Å². The summed E-state index contributed by atoms with van der Waals surface area (Å²) in [5.74, 6) is 0. The van der Waals surface area contributed by atoms with Crippen LogP contribution >= 0.6 is 0 Å². The molecule has 0 atom stereocenters. The Bertz CT molecular complexity index is 481. The third-order valence-corrected chi connectivity index (χ3v) is 2.30. The fraction of sp³-hybridized carbons (Fsp3) is 0. The Labute approximate surface area is 95.1 Å². The van der Waals surface area contributed by atoms with Crippen LogP contribution in [0.5, 0.6) is 0 Å². The summed E-state index contributed by atoms with van der Waals surface area (Å²) in [6.45, 7) is 0. The van der Waals surface area contributed by atoms with Gasteiger partial charge in [-0.1, -0.05) is 66.7 Å². The Morgan fingerprint density at radius 2 is 1.31 bits per heavy atom. The van der Waals surface area contributed by atoms with Gasteiger partial charge in [0.05, 0.1) is 0 Å². The van der Waals surface area contributed by atoms with Crippen LogP contribution in [0.3, 0.4) is 0 Å². The van der Waals surface area contributed by atoms with Crippen LogP contribution in [0.25, 0.3) is 12.2 Å². The molecular formula is C15H11O. The molecule has 16 heavy (non-hydrogen) atoms. The smallest absolute Gasteiger partial charge is 0.233 e. The number of rotatable bonds is 3. The Morgan fingerprint density at radius 3 is 1.88 bits per heavy atom. The minimum absolute atomic E-state index is 0.580. The first-order valence-corrected chi connectivity index (χ1v) is 5.10. The first-order valence-electron chi connectivity index (χ1n) is 5.10. The minimum Gasteiger partial charge on any atom is -0.285 e. The van der Waals surface area contributed by atoms with E-state index in [2.05, 4.69) is 0 Å². The van der Waals surface area contributed by atoms with E-state index >= 15 is 0 Å². The number of hydrogen-bond acceptors (Lipinski definition) is 1. The minimum atomic E-state index is 0.580. The number of hydrogen-bond donors (Lipinski definition) is 0. The summed E-state index contributed by atoms with van der Waals surface area (Å²) in [5, 5.41) is 0. The predicted octanol–water partition coefficient (Wildman–Crippen LogP) is 3.31. The van der Waals surface area contributed by atoms with E-state index in [-0.39, 0.29) is 0 Å². The molecule has 0 heterocycles. The fourth-order valence-corrected chi connectivity index (χ4v) is 1.42. The van der Waals surface area contributed by atoms with Crippen molar-refractivity contribution in [1.29, 1.82) is 0 Å². The highest BCUT2D eigenvalue weighted by Crippen LogP contribution is 2.08. The van der Waals surface area contributed by atoms with E-state index in [1.807, 2.05) is 60.9 Å². The topological polar surface area (TPSA) is 17.1 Å². The lowest BCUT2D eigenvalue weighted by atomic mass is 10.1. The van der Waals surface area contributed by atoms with Crippen molar-refractivity contribution in [2.75, 3.05) is 0 Å². The Kier molecular flexibility index (Phi) is 3.29. The van der Waals surface area contributed by atoms with Crippen molar-refractivity contribution in [3.05, 3.63) is 71.3 Å². The summed E-state index contributed by atoms with van der Waals surface area (Å²) in [7, 11) is 0. The fourth-order valence-electron chi connectivity index (χ4n) is 1.42. The lowest BCUT2D eigenvalue weighted by Gasteiger charge is -1.94. The van der Waals surface area contributed by atoms with Crippen molar-refractivity contribution >= 4 is 18.4 Å². The molecule has 0 fully saturated rings. The first kappa shape index (κ1) is 10.4. The lowest BCUT2D eigenvalue weighted by Crippen LogP contribution is -1.79. The van der Waals surface area contributed by atoms with Crippen LogP contribution in [0.4, 0.5) is 0 Å². The van der Waals surface area contributed by atoms with Gasteiger partial charge < -0.3 is 0 Å². The molecule has 1 heteroatoms. The van der Waals surface area contributed by atoms with Crippen LogP contribution in [0.15, 0.2) is 54.6 Å². The van der Waals surface area contributed by atoms with Crippen molar-refractivity contribution in [2.24, 2.45) is 0 Å². The van der Waals surface area contributed by atoms with Gasteiger partial charge in [-0.2, -0.15) is 0 Å². The zero-order chi connectivity index (χ0) is 11.2. The summed E-state index contributed by atoms with van der Waals surface area (Å²) in [4.78, 5) is 10.4. The van der Waals surface area contributed by atoms with Crippen LogP contribution in [0.2, 0.25) is 0 Å². The average Bonchev–Trinajstić information content (AvgIpc) is 2.38. The van der Waals surface area contributed by atoms with Crippen LogP contribution in [-0.2, 0) is 4.79 Å². The monoisotopic (exact) mass is 207 g/mol. The maximum atomic E-state index is 10.4. The van der Waals surface area contributed by atoms with Gasteiger partial charge in [-0.15, -0.1) is 0 Å². The largest absolute Gasteiger partial charge is 0.285 e. The summed E-state index contributed by atoms with van der Waals surface area (Å²) >= 11 is 0. The molecule has 0 saturated carbocycles. The van der Waals surface area contributed by atoms with E-state index in [0.717, 1.165) is 11.1 Å². The number of benzene rings is 2. The van der Waals surface area contributed by atoms with Crippen LogP contribution < -0.4 is 0 Å². The van der Waals surface area contributed by atoms with Crippen LogP contribution in [-0.4, -0.2) is 6.29 Å². The van der Waals surface area contributed by atoms with E-state index in [4.69, 9.17) is 0 Å². The molecule has 0 aliphatic heterocycles. The second kappa shape index (κ2) is 5.08. The maximum absolute atomic E-state index is 10.4. The molecule has 2 aromatic rings. The van der Waals surface area contributed by atoms with Crippen molar-refractivity contribution in [3.8, 4) is 0 Å². The number of carbonyl (C=O) groups excluding carboxylic acids is 1. The molecular weight excluding hydrogens is 196 g/mol. The zero-order valence-corrected chi connectivity index (χ0v) is 8.76. The Balaban J connectivity index is 2.14. The summed E-state index contributed by atoms with van der Waals surface area (Å²) in [5.41, 5.74) is 2.81. The van der Waals surface area contributed by atoms with Gasteiger partial charge in [-0.25, -0.2) is 0 Å². The second-order valence-corrected chi connectivity index (χ2v) is 3.47. The molecule has 1 radical (unpaired) electrons. The van der Waals surface area contributed by atoms with Crippen molar-refractivity contribution in [3.63, 3.8) is 0 Å². The summed E-state index contributed by atoms with van der Waals surface area (Å²) in [6.07, 6.45) is 5.91. The molecule has 2 aromatic carbocycles. The highest BCUT2D eigenvalue weighted by atomic mass is 16.1. The molecule has 0 saturated heterocycles. The molecule has 77 valence electrons. The highest BCUT2D eigenvalue weighted by Gasteiger charge is 1.90. The molecule has 0 aliphatic carbocycles. The summed E-state index contributed by atoms with van der Waals surface area (Å²) < 4.78 is 0. The molecule has 0 amide bonds. The Hall–Kier alpha value is -2.15. The summed E-state index contributed by atoms with van der Waals surface area (Å²) in [6, 6.07) is 17.4. The van der Waals surface area contributed by atoms with Gasteiger partial charge in [-0.3, -0.25) is 4.79 Å². The van der Waals surface area contributed by atoms with Crippen molar-refractivity contribution in [1.82, 2.24) is 0 Å². The van der Waals surface area contributed by atoms with E-state index in [1.54, 1.807) is 12.1 Å². The van der Waals surface area contributed by atoms with Crippen LogP contribution in [0.1, 0.15) is 16.7 Å². The van der Waals surface area contributed by atoms with Gasteiger partial charge in [0.15, 0.2) is 0 Å². The van der Waals surface area contributed by atoms with E-state index in [9.17, 15) is 4.79 Å². The van der Waals surface area contributed by atoms with E-state index < -0.39 is 0 Å². The molecule has 0 unspecified atom stereocenters. The highest BCUT2D eigenvalue weighted by molar-refractivity contribution is 5.77. The molecule has 0 spiro atoms. The van der Waals surface area contributed by atoms with Gasteiger partial charge in [0.1, 0.15) is 0 Å². The van der Waals surface area contributed by atoms with E-state index in [1.165, 1.54) is 0 Å². The van der Waals surface area contributed by atoms with Gasteiger partial charge >= 0.3 is 0 Å². The molecule has 0 N–H and O–H groups in total. The Morgan fingerprint density at radius 1 is 0.750 bits per heavy atom. The molecule has 2 rings (SSSR count). The standard InChI is InChI=1S/C15H11O/c16-12-15-10-8-14(9-11-15)7-6-13-4-2-1-3-5-13/h1-11H. The van der Waals surface area contributed by atoms with Crippen molar-refractivity contribution in [2.45, 2.75) is 0 Å². The van der Waals surface area contributed by atoms with Gasteiger partial charge in [0.2, 0.25) is 6.29 Å². The van der Waals surface area contributed by atoms with Gasteiger partial charge in [0.25, 0.3) is 0 Å². The van der Waals surface area contributed by atoms with Gasteiger partial charge in [0, 0.05) is 5.56 Å². The van der Waals surface area contributed by atoms with Crippen LogP contribution in [0, 0.1) is 0 Å². The molecule has 0 aromatic heterocycles. The van der Waals surface area contributed by atoms with E-state index in [0.29, 0.717) is 5.56 Å². The lowest BCUT2D eigenvalue weighted by molar-refractivity contribution is 0.563. The van der Waals surface area contributed by atoms with Gasteiger partial charge in [-0.05, 0) is 11.1 Å². The average molecular weight is 207 g/mol. The third kappa shape index (κ3) is 2.67. The molecule has 0 bridgehead atoms. The zero-order valence-electron chi connectivity index (χ0n) is 8.76. The third-order valence-electron chi connectivity index (χ3n) is 2.30. The molecule has 1 nitrogen and oxygen atoms in total. The maximum Gasteiger partial charge on any atom is 0.233 e. The predicted molar refractivity (Wildman–Crippen MR) is 66.6 cm³/mol. The SMILES string of the molecule is O=[C]c1ccc(C=Cc2ccccc2)cc1. The molecule has 0 aliphatic rings. The second-order valence-electron chi connectivity index (χ2n) is 3.47. The normalized spacial score (nSPS) is 10.5.